The molecule has 26 heavy (non-hydrogen) atoms. The van der Waals surface area contributed by atoms with Crippen molar-refractivity contribution in [2.45, 2.75) is 32.2 Å². The number of carbonyl (C=O) groups is 1. The lowest BCUT2D eigenvalue weighted by Gasteiger charge is -2.38. The maximum Gasteiger partial charge on any atom is 0.234 e. The lowest BCUT2D eigenvalue weighted by Crippen LogP contribution is -2.53. The first kappa shape index (κ1) is 16.9. The zero-order chi connectivity index (χ0) is 18.1. The molecule has 1 aliphatic heterocycles. The van der Waals surface area contributed by atoms with Crippen LogP contribution in [0.2, 0.25) is 0 Å². The smallest absolute Gasteiger partial charge is 0.234 e. The number of nitrogens with zero attached hydrogens (tertiary/aromatic N) is 5. The van der Waals surface area contributed by atoms with Crippen molar-refractivity contribution in [3.8, 4) is 11.5 Å². The maximum absolute atomic E-state index is 11.4. The molecule has 0 saturated carbocycles. The summed E-state index contributed by atoms with van der Waals surface area (Å²) in [6.07, 6.45) is 4.94. The van der Waals surface area contributed by atoms with Crippen molar-refractivity contribution >= 4 is 11.7 Å². The van der Waals surface area contributed by atoms with Crippen molar-refractivity contribution in [3.63, 3.8) is 0 Å². The molecule has 2 aromatic heterocycles. The van der Waals surface area contributed by atoms with Crippen molar-refractivity contribution in [2.75, 3.05) is 31.1 Å². The van der Waals surface area contributed by atoms with Crippen molar-refractivity contribution in [1.82, 2.24) is 19.9 Å². The fourth-order valence-electron chi connectivity index (χ4n) is 3.78. The van der Waals surface area contributed by atoms with Gasteiger partial charge < -0.3 is 10.6 Å². The maximum atomic E-state index is 11.4. The average Bonchev–Trinajstić information content (AvgIpc) is 3.16. The molecular formula is C19H24N6O. The van der Waals surface area contributed by atoms with Gasteiger partial charge in [-0.15, -0.1) is 0 Å². The van der Waals surface area contributed by atoms with Crippen LogP contribution in [0.25, 0.3) is 11.5 Å². The molecule has 3 heterocycles. The highest BCUT2D eigenvalue weighted by Gasteiger charge is 2.28. The topological polar surface area (TPSA) is 88.2 Å². The van der Waals surface area contributed by atoms with Gasteiger partial charge in [-0.25, -0.2) is 9.97 Å². The number of pyridine rings is 1. The predicted molar refractivity (Wildman–Crippen MR) is 99.7 cm³/mol. The number of rotatable bonds is 4. The van der Waals surface area contributed by atoms with Gasteiger partial charge >= 0.3 is 0 Å². The van der Waals surface area contributed by atoms with Gasteiger partial charge in [-0.05, 0) is 38.3 Å². The molecule has 0 bridgehead atoms. The molecule has 1 atom stereocenters. The van der Waals surface area contributed by atoms with Crippen LogP contribution in [0.1, 0.15) is 24.6 Å². The first-order valence-corrected chi connectivity index (χ1v) is 9.23. The Morgan fingerprint density at radius 1 is 1.15 bits per heavy atom. The zero-order valence-electron chi connectivity index (χ0n) is 15.1. The van der Waals surface area contributed by atoms with E-state index in [2.05, 4.69) is 14.8 Å². The lowest BCUT2D eigenvalue weighted by molar-refractivity contribution is -0.122. The molecule has 0 spiro atoms. The molecule has 2 N–H and O–H groups in total. The summed E-state index contributed by atoms with van der Waals surface area (Å²) in [5.74, 6) is 1.48. The van der Waals surface area contributed by atoms with E-state index >= 15 is 0 Å². The summed E-state index contributed by atoms with van der Waals surface area (Å²) >= 11 is 0. The fourth-order valence-corrected chi connectivity index (χ4v) is 3.78. The minimum Gasteiger partial charge on any atom is -0.368 e. The Labute approximate surface area is 153 Å². The SMILES string of the molecule is CC(C(N)=O)N1CCN(c2nc(-c3ccccn3)nc3c2CCC3)CC1. The van der Waals surface area contributed by atoms with Gasteiger partial charge in [-0.1, -0.05) is 6.07 Å². The second-order valence-electron chi connectivity index (χ2n) is 6.97. The van der Waals surface area contributed by atoms with E-state index in [4.69, 9.17) is 15.7 Å². The molecule has 1 aliphatic carbocycles. The Morgan fingerprint density at radius 3 is 2.65 bits per heavy atom. The average molecular weight is 352 g/mol. The molecule has 7 heteroatoms. The normalized spacial score (nSPS) is 18.6. The highest BCUT2D eigenvalue weighted by atomic mass is 16.1. The Balaban J connectivity index is 1.61. The summed E-state index contributed by atoms with van der Waals surface area (Å²) < 4.78 is 0. The molecule has 7 nitrogen and oxygen atoms in total. The molecule has 1 saturated heterocycles. The van der Waals surface area contributed by atoms with Gasteiger partial charge in [0.25, 0.3) is 0 Å². The second kappa shape index (κ2) is 6.99. The van der Waals surface area contributed by atoms with Gasteiger partial charge in [0.05, 0.1) is 6.04 Å². The number of aryl methyl sites for hydroxylation is 1. The van der Waals surface area contributed by atoms with Crippen LogP contribution in [-0.4, -0.2) is 58.0 Å². The number of piperazine rings is 1. The summed E-state index contributed by atoms with van der Waals surface area (Å²) in [6.45, 7) is 5.16. The van der Waals surface area contributed by atoms with Crippen molar-refractivity contribution in [3.05, 3.63) is 35.7 Å². The van der Waals surface area contributed by atoms with E-state index in [0.29, 0.717) is 5.82 Å². The largest absolute Gasteiger partial charge is 0.368 e. The number of aromatic nitrogens is 3. The molecule has 1 unspecified atom stereocenters. The van der Waals surface area contributed by atoms with Gasteiger partial charge in [-0.3, -0.25) is 14.7 Å². The number of primary amides is 1. The molecule has 1 amide bonds. The molecule has 2 aliphatic rings. The number of fused-ring (bicyclic) bond motifs is 1. The Hall–Kier alpha value is -2.54. The van der Waals surface area contributed by atoms with Gasteiger partial charge in [-0.2, -0.15) is 0 Å². The Morgan fingerprint density at radius 2 is 1.96 bits per heavy atom. The summed E-state index contributed by atoms with van der Waals surface area (Å²) in [5.41, 5.74) is 8.69. The fraction of sp³-hybridized carbons (Fsp3) is 0.474. The summed E-state index contributed by atoms with van der Waals surface area (Å²) in [6, 6.07) is 5.59. The van der Waals surface area contributed by atoms with E-state index in [1.54, 1.807) is 6.20 Å². The van der Waals surface area contributed by atoms with Gasteiger partial charge in [0.1, 0.15) is 11.5 Å². The third-order valence-electron chi connectivity index (χ3n) is 5.38. The predicted octanol–water partition coefficient (Wildman–Crippen LogP) is 1.02. The molecular weight excluding hydrogens is 328 g/mol. The van der Waals surface area contributed by atoms with Crippen molar-refractivity contribution in [2.24, 2.45) is 5.73 Å². The Kier molecular flexibility index (Phi) is 4.55. The van der Waals surface area contributed by atoms with Crippen LogP contribution in [0.5, 0.6) is 0 Å². The minimum absolute atomic E-state index is 0.225. The summed E-state index contributed by atoms with van der Waals surface area (Å²) in [7, 11) is 0. The van der Waals surface area contributed by atoms with Crippen molar-refractivity contribution in [1.29, 1.82) is 0 Å². The van der Waals surface area contributed by atoms with Gasteiger partial charge in [0.2, 0.25) is 5.91 Å². The standard InChI is InChI=1S/C19H24N6O/c1-13(17(20)26)24-9-11-25(12-10-24)19-14-5-4-7-15(14)22-18(23-19)16-6-2-3-8-21-16/h2-3,6,8,13H,4-5,7,9-12H2,1H3,(H2,20,26). The summed E-state index contributed by atoms with van der Waals surface area (Å²) in [5, 5.41) is 0. The van der Waals surface area contributed by atoms with Crippen LogP contribution in [0.4, 0.5) is 5.82 Å². The van der Waals surface area contributed by atoms with Gasteiger partial charge in [0.15, 0.2) is 5.82 Å². The van der Waals surface area contributed by atoms with Crippen LogP contribution in [0.15, 0.2) is 24.4 Å². The third kappa shape index (κ3) is 3.14. The van der Waals surface area contributed by atoms with Crippen LogP contribution in [-0.2, 0) is 17.6 Å². The van der Waals surface area contributed by atoms with Crippen LogP contribution < -0.4 is 10.6 Å². The number of nitrogens with two attached hydrogens (primary N) is 1. The van der Waals surface area contributed by atoms with Crippen molar-refractivity contribution < 1.29 is 4.79 Å². The zero-order valence-corrected chi connectivity index (χ0v) is 15.1. The highest BCUT2D eigenvalue weighted by Crippen LogP contribution is 2.31. The molecule has 2 aromatic rings. The first-order chi connectivity index (χ1) is 12.6. The number of hydrogen-bond acceptors (Lipinski definition) is 6. The third-order valence-corrected chi connectivity index (χ3v) is 5.38. The van der Waals surface area contributed by atoms with Gasteiger partial charge in [0, 0.05) is 43.6 Å². The number of anilines is 1. The molecule has 136 valence electrons. The van der Waals surface area contributed by atoms with Crippen LogP contribution in [0.3, 0.4) is 0 Å². The second-order valence-corrected chi connectivity index (χ2v) is 6.97. The number of carbonyl (C=O) groups excluding carboxylic acids is 1. The molecule has 0 radical (unpaired) electrons. The molecule has 0 aromatic carbocycles. The van der Waals surface area contributed by atoms with E-state index in [1.165, 1.54) is 5.56 Å². The molecule has 1 fully saturated rings. The van der Waals surface area contributed by atoms with E-state index in [0.717, 1.165) is 62.6 Å². The van der Waals surface area contributed by atoms with E-state index in [1.807, 2.05) is 25.1 Å². The number of amides is 1. The van der Waals surface area contributed by atoms with Crippen LogP contribution in [0, 0.1) is 0 Å². The monoisotopic (exact) mass is 352 g/mol. The highest BCUT2D eigenvalue weighted by molar-refractivity contribution is 5.79. The lowest BCUT2D eigenvalue weighted by atomic mass is 10.1. The van der Waals surface area contributed by atoms with E-state index in [9.17, 15) is 4.79 Å². The minimum atomic E-state index is -0.265. The van der Waals surface area contributed by atoms with E-state index in [-0.39, 0.29) is 11.9 Å². The Bertz CT molecular complexity index is 801. The van der Waals surface area contributed by atoms with E-state index < -0.39 is 0 Å². The summed E-state index contributed by atoms with van der Waals surface area (Å²) in [4.78, 5) is 30.0. The molecule has 4 rings (SSSR count). The first-order valence-electron chi connectivity index (χ1n) is 9.23. The quantitative estimate of drug-likeness (QED) is 0.884. The number of hydrogen-bond donors (Lipinski definition) is 1. The van der Waals surface area contributed by atoms with Crippen LogP contribution >= 0.6 is 0 Å².